The van der Waals surface area contributed by atoms with E-state index >= 15 is 0 Å². The van der Waals surface area contributed by atoms with Crippen LogP contribution in [0, 0.1) is 11.8 Å². The molecule has 18 heavy (non-hydrogen) atoms. The van der Waals surface area contributed by atoms with Crippen molar-refractivity contribution in [2.24, 2.45) is 11.8 Å². The normalized spacial score (nSPS) is 32.8. The number of rotatable bonds is 4. The number of nitrogens with zero attached hydrogens (tertiary/aromatic N) is 1. The van der Waals surface area contributed by atoms with Crippen molar-refractivity contribution in [3.63, 3.8) is 0 Å². The van der Waals surface area contributed by atoms with Gasteiger partial charge in [-0.25, -0.2) is 0 Å². The summed E-state index contributed by atoms with van der Waals surface area (Å²) in [4.78, 5) is 14.0. The summed E-state index contributed by atoms with van der Waals surface area (Å²) >= 11 is 0. The standard InChI is InChI=1S/C15H28N2O/c1-12-6-5-7-13(2)15(12)16-9-8-14(18)17-10-3-4-11-17/h12-13,15-16H,3-11H2,1-2H3. The van der Waals surface area contributed by atoms with Crippen LogP contribution in [0.15, 0.2) is 0 Å². The highest BCUT2D eigenvalue weighted by Gasteiger charge is 2.27. The van der Waals surface area contributed by atoms with Gasteiger partial charge in [0.2, 0.25) is 5.91 Å². The van der Waals surface area contributed by atoms with Crippen LogP contribution in [-0.4, -0.2) is 36.5 Å². The lowest BCUT2D eigenvalue weighted by molar-refractivity contribution is -0.130. The fourth-order valence-electron chi connectivity index (χ4n) is 3.55. The smallest absolute Gasteiger partial charge is 0.223 e. The van der Waals surface area contributed by atoms with Gasteiger partial charge >= 0.3 is 0 Å². The monoisotopic (exact) mass is 252 g/mol. The quantitative estimate of drug-likeness (QED) is 0.833. The molecule has 1 saturated heterocycles. The molecule has 104 valence electrons. The van der Waals surface area contributed by atoms with Crippen LogP contribution < -0.4 is 5.32 Å². The fourth-order valence-corrected chi connectivity index (χ4v) is 3.55. The fraction of sp³-hybridized carbons (Fsp3) is 0.933. The van der Waals surface area contributed by atoms with Gasteiger partial charge < -0.3 is 10.2 Å². The third kappa shape index (κ3) is 3.47. The highest BCUT2D eigenvalue weighted by molar-refractivity contribution is 5.76. The molecular weight excluding hydrogens is 224 g/mol. The van der Waals surface area contributed by atoms with Crippen molar-refractivity contribution in [1.82, 2.24) is 10.2 Å². The summed E-state index contributed by atoms with van der Waals surface area (Å²) < 4.78 is 0. The second-order valence-electron chi connectivity index (χ2n) is 6.20. The Balaban J connectivity index is 1.69. The molecule has 1 N–H and O–H groups in total. The van der Waals surface area contributed by atoms with Gasteiger partial charge in [-0.05, 0) is 37.5 Å². The third-order valence-corrected chi connectivity index (χ3v) is 4.72. The van der Waals surface area contributed by atoms with E-state index in [4.69, 9.17) is 0 Å². The van der Waals surface area contributed by atoms with E-state index in [9.17, 15) is 4.79 Å². The topological polar surface area (TPSA) is 32.3 Å². The van der Waals surface area contributed by atoms with Crippen LogP contribution >= 0.6 is 0 Å². The summed E-state index contributed by atoms with van der Waals surface area (Å²) in [6.07, 6.45) is 7.10. The largest absolute Gasteiger partial charge is 0.343 e. The van der Waals surface area contributed by atoms with Gasteiger partial charge in [0.25, 0.3) is 0 Å². The third-order valence-electron chi connectivity index (χ3n) is 4.72. The van der Waals surface area contributed by atoms with E-state index in [0.717, 1.165) is 31.5 Å². The predicted molar refractivity (Wildman–Crippen MR) is 74.4 cm³/mol. The molecule has 1 amide bonds. The summed E-state index contributed by atoms with van der Waals surface area (Å²) in [5, 5.41) is 3.63. The molecule has 1 heterocycles. The van der Waals surface area contributed by atoms with Gasteiger partial charge in [0.05, 0.1) is 0 Å². The molecule has 3 heteroatoms. The Kier molecular flexibility index (Phi) is 5.04. The van der Waals surface area contributed by atoms with Crippen LogP contribution in [0.25, 0.3) is 0 Å². The molecule has 2 aliphatic rings. The van der Waals surface area contributed by atoms with Gasteiger partial charge in [0.15, 0.2) is 0 Å². The first-order valence-electron chi connectivity index (χ1n) is 7.69. The second kappa shape index (κ2) is 6.55. The summed E-state index contributed by atoms with van der Waals surface area (Å²) in [6, 6.07) is 0.616. The van der Waals surface area contributed by atoms with Crippen molar-refractivity contribution < 1.29 is 4.79 Å². The second-order valence-corrected chi connectivity index (χ2v) is 6.20. The molecule has 1 aliphatic carbocycles. The van der Waals surface area contributed by atoms with Crippen LogP contribution in [0.5, 0.6) is 0 Å². The summed E-state index contributed by atoms with van der Waals surface area (Å²) in [7, 11) is 0. The van der Waals surface area contributed by atoms with Gasteiger partial charge in [-0.2, -0.15) is 0 Å². The predicted octanol–water partition coefficient (Wildman–Crippen LogP) is 2.41. The van der Waals surface area contributed by atoms with E-state index in [1.807, 2.05) is 4.90 Å². The Morgan fingerprint density at radius 1 is 1.11 bits per heavy atom. The molecule has 2 atom stereocenters. The molecule has 0 aromatic rings. The van der Waals surface area contributed by atoms with Crippen molar-refractivity contribution in [2.45, 2.75) is 58.4 Å². The number of carbonyl (C=O) groups is 1. The maximum atomic E-state index is 11.9. The van der Waals surface area contributed by atoms with Crippen LogP contribution in [0.2, 0.25) is 0 Å². The van der Waals surface area contributed by atoms with E-state index in [2.05, 4.69) is 19.2 Å². The molecule has 0 aromatic carbocycles. The molecule has 2 fully saturated rings. The molecule has 0 bridgehead atoms. The van der Waals surface area contributed by atoms with Crippen molar-refractivity contribution >= 4 is 5.91 Å². The number of likely N-dealkylation sites (tertiary alicyclic amines) is 1. The minimum atomic E-state index is 0.344. The van der Waals surface area contributed by atoms with Gasteiger partial charge in [-0.3, -0.25) is 4.79 Å². The van der Waals surface area contributed by atoms with Crippen molar-refractivity contribution in [2.75, 3.05) is 19.6 Å². The van der Waals surface area contributed by atoms with Crippen molar-refractivity contribution in [1.29, 1.82) is 0 Å². The van der Waals surface area contributed by atoms with Gasteiger partial charge in [-0.15, -0.1) is 0 Å². The van der Waals surface area contributed by atoms with Gasteiger partial charge in [-0.1, -0.05) is 20.3 Å². The lowest BCUT2D eigenvalue weighted by atomic mass is 9.79. The molecule has 1 aliphatic heterocycles. The number of hydrogen-bond acceptors (Lipinski definition) is 2. The lowest BCUT2D eigenvalue weighted by Crippen LogP contribution is -2.44. The zero-order valence-electron chi connectivity index (χ0n) is 12.0. The van der Waals surface area contributed by atoms with E-state index in [-0.39, 0.29) is 0 Å². The maximum Gasteiger partial charge on any atom is 0.223 e. The highest BCUT2D eigenvalue weighted by atomic mass is 16.2. The molecule has 3 nitrogen and oxygen atoms in total. The molecule has 0 spiro atoms. The number of hydrogen-bond donors (Lipinski definition) is 1. The van der Waals surface area contributed by atoms with E-state index in [0.29, 0.717) is 18.4 Å². The molecule has 2 unspecified atom stereocenters. The molecule has 0 aromatic heterocycles. The zero-order chi connectivity index (χ0) is 13.0. The Bertz CT molecular complexity index is 264. The van der Waals surface area contributed by atoms with Crippen LogP contribution in [0.4, 0.5) is 0 Å². The Labute approximate surface area is 111 Å². The minimum Gasteiger partial charge on any atom is -0.343 e. The molecular formula is C15H28N2O. The number of carbonyl (C=O) groups excluding carboxylic acids is 1. The van der Waals surface area contributed by atoms with Crippen LogP contribution in [0.1, 0.15) is 52.4 Å². The Hall–Kier alpha value is -0.570. The molecule has 1 saturated carbocycles. The lowest BCUT2D eigenvalue weighted by Gasteiger charge is -2.35. The summed E-state index contributed by atoms with van der Waals surface area (Å²) in [5.74, 6) is 1.86. The Morgan fingerprint density at radius 3 is 2.33 bits per heavy atom. The first-order chi connectivity index (χ1) is 8.68. The first kappa shape index (κ1) is 13.9. The first-order valence-corrected chi connectivity index (χ1v) is 7.69. The van der Waals surface area contributed by atoms with Crippen molar-refractivity contribution in [3.05, 3.63) is 0 Å². The average Bonchev–Trinajstić information content (AvgIpc) is 2.86. The average molecular weight is 252 g/mol. The van der Waals surface area contributed by atoms with E-state index in [1.54, 1.807) is 0 Å². The van der Waals surface area contributed by atoms with E-state index in [1.165, 1.54) is 32.1 Å². The summed E-state index contributed by atoms with van der Waals surface area (Å²) in [6.45, 7) is 7.50. The Morgan fingerprint density at radius 2 is 1.72 bits per heavy atom. The highest BCUT2D eigenvalue weighted by Crippen LogP contribution is 2.28. The van der Waals surface area contributed by atoms with Gasteiger partial charge in [0, 0.05) is 32.1 Å². The molecule has 2 rings (SSSR count). The van der Waals surface area contributed by atoms with E-state index < -0.39 is 0 Å². The van der Waals surface area contributed by atoms with Crippen LogP contribution in [-0.2, 0) is 4.79 Å². The summed E-state index contributed by atoms with van der Waals surface area (Å²) in [5.41, 5.74) is 0. The van der Waals surface area contributed by atoms with Gasteiger partial charge in [0.1, 0.15) is 0 Å². The number of amides is 1. The van der Waals surface area contributed by atoms with Crippen LogP contribution in [0.3, 0.4) is 0 Å². The van der Waals surface area contributed by atoms with Crippen molar-refractivity contribution in [3.8, 4) is 0 Å². The molecule has 0 radical (unpaired) electrons. The number of nitrogens with one attached hydrogen (secondary N) is 1. The zero-order valence-corrected chi connectivity index (χ0v) is 12.0. The minimum absolute atomic E-state index is 0.344. The maximum absolute atomic E-state index is 11.9. The SMILES string of the molecule is CC1CCCC(C)C1NCCC(=O)N1CCCC1.